The second-order valence-electron chi connectivity index (χ2n) is 8.53. The number of anilines is 1. The topological polar surface area (TPSA) is 91.7 Å². The van der Waals surface area contributed by atoms with E-state index in [4.69, 9.17) is 0 Å². The lowest BCUT2D eigenvalue weighted by Crippen LogP contribution is -2.45. The van der Waals surface area contributed by atoms with Gasteiger partial charge in [-0.2, -0.15) is 5.10 Å². The van der Waals surface area contributed by atoms with Gasteiger partial charge in [-0.15, -0.1) is 0 Å². The van der Waals surface area contributed by atoms with E-state index < -0.39 is 0 Å². The van der Waals surface area contributed by atoms with Crippen LogP contribution in [0.5, 0.6) is 0 Å². The van der Waals surface area contributed by atoms with Crippen LogP contribution in [0.3, 0.4) is 0 Å². The van der Waals surface area contributed by atoms with Crippen molar-refractivity contribution in [2.75, 3.05) is 25.0 Å². The first-order valence-electron chi connectivity index (χ1n) is 11.1. The van der Waals surface area contributed by atoms with E-state index in [1.165, 1.54) is 12.8 Å². The number of aromatic amines is 1. The van der Waals surface area contributed by atoms with E-state index in [0.29, 0.717) is 12.6 Å². The first-order valence-corrected chi connectivity index (χ1v) is 11.1. The van der Waals surface area contributed by atoms with Crippen LogP contribution in [0.25, 0.3) is 11.0 Å². The molecule has 2 N–H and O–H groups in total. The van der Waals surface area contributed by atoms with Gasteiger partial charge in [0.25, 0.3) is 5.56 Å². The fourth-order valence-electron chi connectivity index (χ4n) is 4.83. The Morgan fingerprint density at radius 3 is 3.03 bits per heavy atom. The Bertz CT molecular complexity index is 1100. The minimum absolute atomic E-state index is 0.0350. The van der Waals surface area contributed by atoms with Gasteiger partial charge in [0, 0.05) is 30.9 Å². The van der Waals surface area contributed by atoms with E-state index in [2.05, 4.69) is 30.3 Å². The molecular weight excluding hydrogens is 378 g/mol. The van der Waals surface area contributed by atoms with Gasteiger partial charge < -0.3 is 10.3 Å². The van der Waals surface area contributed by atoms with Crippen molar-refractivity contribution in [1.82, 2.24) is 29.6 Å². The number of nitrogens with one attached hydrogen (secondary N) is 2. The molecule has 1 aliphatic carbocycles. The second kappa shape index (κ2) is 8.18. The highest BCUT2D eigenvalue weighted by molar-refractivity contribution is 5.86. The quantitative estimate of drug-likeness (QED) is 0.651. The summed E-state index contributed by atoms with van der Waals surface area (Å²) in [5.74, 6) is 0.857. The first kappa shape index (κ1) is 19.2. The molecule has 8 heteroatoms. The SMILES string of the molecule is Cc1cc2ncnc(NCC3CCCCN3CCn3nc4c(cc3=O)CCC4)c2[nH]1. The maximum absolute atomic E-state index is 12.4. The van der Waals surface area contributed by atoms with Gasteiger partial charge in [-0.05, 0) is 57.2 Å². The van der Waals surface area contributed by atoms with E-state index in [-0.39, 0.29) is 5.56 Å². The van der Waals surface area contributed by atoms with Crippen molar-refractivity contribution < 1.29 is 0 Å². The fraction of sp³-hybridized carbons (Fsp3) is 0.545. The highest BCUT2D eigenvalue weighted by Gasteiger charge is 2.23. The number of aryl methyl sites for hydroxylation is 3. The summed E-state index contributed by atoms with van der Waals surface area (Å²) in [7, 11) is 0. The van der Waals surface area contributed by atoms with Crippen LogP contribution < -0.4 is 10.9 Å². The number of likely N-dealkylation sites (tertiary alicyclic amines) is 1. The molecule has 4 heterocycles. The number of nitrogens with zero attached hydrogens (tertiary/aromatic N) is 5. The monoisotopic (exact) mass is 407 g/mol. The molecule has 1 fully saturated rings. The molecule has 0 radical (unpaired) electrons. The molecule has 1 atom stereocenters. The summed E-state index contributed by atoms with van der Waals surface area (Å²) in [6.07, 6.45) is 8.31. The molecule has 8 nitrogen and oxygen atoms in total. The van der Waals surface area contributed by atoms with Gasteiger partial charge in [-0.25, -0.2) is 14.6 Å². The second-order valence-corrected chi connectivity index (χ2v) is 8.53. The molecule has 0 spiro atoms. The van der Waals surface area contributed by atoms with Crippen LogP contribution in [0, 0.1) is 6.92 Å². The Morgan fingerprint density at radius 2 is 2.10 bits per heavy atom. The predicted molar refractivity (Wildman–Crippen MR) is 117 cm³/mol. The lowest BCUT2D eigenvalue weighted by atomic mass is 10.0. The van der Waals surface area contributed by atoms with Crippen molar-refractivity contribution >= 4 is 16.9 Å². The van der Waals surface area contributed by atoms with Crippen molar-refractivity contribution in [3.8, 4) is 0 Å². The van der Waals surface area contributed by atoms with Gasteiger partial charge in [0.05, 0.1) is 17.8 Å². The fourth-order valence-corrected chi connectivity index (χ4v) is 4.83. The lowest BCUT2D eigenvalue weighted by Gasteiger charge is -2.36. The molecular formula is C22H29N7O. The van der Waals surface area contributed by atoms with Crippen LogP contribution in [-0.2, 0) is 19.4 Å². The van der Waals surface area contributed by atoms with E-state index in [1.54, 1.807) is 17.1 Å². The van der Waals surface area contributed by atoms with Gasteiger partial charge in [0.15, 0.2) is 5.82 Å². The Balaban J connectivity index is 1.25. The minimum Gasteiger partial charge on any atom is -0.367 e. The summed E-state index contributed by atoms with van der Waals surface area (Å²) in [5.41, 5.74) is 5.28. The average Bonchev–Trinajstić information content (AvgIpc) is 3.36. The summed E-state index contributed by atoms with van der Waals surface area (Å²) >= 11 is 0. The summed E-state index contributed by atoms with van der Waals surface area (Å²) in [6, 6.07) is 4.25. The van der Waals surface area contributed by atoms with Crippen molar-refractivity contribution in [1.29, 1.82) is 0 Å². The van der Waals surface area contributed by atoms with E-state index >= 15 is 0 Å². The molecule has 1 unspecified atom stereocenters. The highest BCUT2D eigenvalue weighted by Crippen LogP contribution is 2.22. The third-order valence-electron chi connectivity index (χ3n) is 6.43. The zero-order valence-corrected chi connectivity index (χ0v) is 17.5. The molecule has 30 heavy (non-hydrogen) atoms. The van der Waals surface area contributed by atoms with Crippen molar-refractivity contribution in [3.63, 3.8) is 0 Å². The van der Waals surface area contributed by atoms with E-state index in [1.807, 2.05) is 13.0 Å². The average molecular weight is 408 g/mol. The number of piperidine rings is 1. The van der Waals surface area contributed by atoms with Crippen LogP contribution in [0.4, 0.5) is 5.82 Å². The van der Waals surface area contributed by atoms with Crippen LogP contribution in [-0.4, -0.2) is 55.3 Å². The summed E-state index contributed by atoms with van der Waals surface area (Å²) < 4.78 is 1.67. The van der Waals surface area contributed by atoms with Crippen molar-refractivity contribution in [3.05, 3.63) is 45.8 Å². The lowest BCUT2D eigenvalue weighted by molar-refractivity contribution is 0.148. The van der Waals surface area contributed by atoms with Gasteiger partial charge >= 0.3 is 0 Å². The smallest absolute Gasteiger partial charge is 0.267 e. The normalized spacial score (nSPS) is 19.3. The molecule has 3 aromatic rings. The maximum Gasteiger partial charge on any atom is 0.267 e. The Labute approximate surface area is 175 Å². The molecule has 0 bridgehead atoms. The van der Waals surface area contributed by atoms with Gasteiger partial charge in [-0.1, -0.05) is 6.42 Å². The number of fused-ring (bicyclic) bond motifs is 2. The van der Waals surface area contributed by atoms with E-state index in [0.717, 1.165) is 79.1 Å². The van der Waals surface area contributed by atoms with Crippen LogP contribution in [0.2, 0.25) is 0 Å². The van der Waals surface area contributed by atoms with E-state index in [9.17, 15) is 4.79 Å². The van der Waals surface area contributed by atoms with Crippen LogP contribution >= 0.6 is 0 Å². The highest BCUT2D eigenvalue weighted by atomic mass is 16.1. The molecule has 0 amide bonds. The molecule has 5 rings (SSSR count). The largest absolute Gasteiger partial charge is 0.367 e. The predicted octanol–water partition coefficient (Wildman–Crippen LogP) is 2.28. The van der Waals surface area contributed by atoms with Gasteiger partial charge in [-0.3, -0.25) is 9.69 Å². The third kappa shape index (κ3) is 3.84. The summed E-state index contributed by atoms with van der Waals surface area (Å²) in [4.78, 5) is 27.0. The number of rotatable bonds is 6. The van der Waals surface area contributed by atoms with Gasteiger partial charge in [0.1, 0.15) is 11.8 Å². The molecule has 158 valence electrons. The molecule has 0 aromatic carbocycles. The van der Waals surface area contributed by atoms with Crippen molar-refractivity contribution in [2.45, 2.75) is 58.0 Å². The minimum atomic E-state index is 0.0350. The number of aromatic nitrogens is 5. The van der Waals surface area contributed by atoms with Crippen LogP contribution in [0.1, 0.15) is 42.6 Å². The summed E-state index contributed by atoms with van der Waals surface area (Å²) in [6.45, 7) is 5.42. The zero-order valence-electron chi connectivity index (χ0n) is 17.5. The maximum atomic E-state index is 12.4. The first-order chi connectivity index (χ1) is 14.7. The third-order valence-corrected chi connectivity index (χ3v) is 6.43. The number of hydrogen-bond donors (Lipinski definition) is 2. The Hall–Kier alpha value is -2.74. The van der Waals surface area contributed by atoms with Gasteiger partial charge in [0.2, 0.25) is 0 Å². The molecule has 0 saturated carbocycles. The number of hydrogen-bond acceptors (Lipinski definition) is 6. The summed E-state index contributed by atoms with van der Waals surface area (Å²) in [5, 5.41) is 8.17. The molecule has 1 saturated heterocycles. The molecule has 2 aliphatic rings. The Morgan fingerprint density at radius 1 is 1.17 bits per heavy atom. The van der Waals surface area contributed by atoms with Crippen LogP contribution in [0.15, 0.2) is 23.3 Å². The molecule has 1 aliphatic heterocycles. The van der Waals surface area contributed by atoms with Crippen molar-refractivity contribution in [2.24, 2.45) is 0 Å². The Kier molecular flexibility index (Phi) is 5.25. The molecule has 3 aromatic heterocycles. The zero-order chi connectivity index (χ0) is 20.5. The number of H-pyrrole nitrogens is 1. The standard InChI is InChI=1S/C22H29N7O/c1-15-11-19-21(26-15)22(25-14-24-19)23-13-17-6-2-3-8-28(17)9-10-29-20(30)12-16-5-4-7-18(16)27-29/h11-12,14,17,26H,2-10,13H2,1H3,(H,23,24,25).